The molecule has 1 aromatic rings. The van der Waals surface area contributed by atoms with Gasteiger partial charge in [0.2, 0.25) is 0 Å². The number of aromatic nitrogens is 1. The zero-order chi connectivity index (χ0) is 13.2. The number of hydrogen-bond acceptors (Lipinski definition) is 4. The highest BCUT2D eigenvalue weighted by atomic mass is 32.1. The van der Waals surface area contributed by atoms with Crippen LogP contribution in [-0.2, 0) is 6.54 Å². The van der Waals surface area contributed by atoms with Crippen LogP contribution in [-0.4, -0.2) is 36.1 Å². The molecule has 0 spiro atoms. The average Bonchev–Trinajstić information content (AvgIpc) is 2.82. The van der Waals surface area contributed by atoms with E-state index in [-0.39, 0.29) is 0 Å². The van der Waals surface area contributed by atoms with E-state index in [0.717, 1.165) is 24.3 Å². The second-order valence-electron chi connectivity index (χ2n) is 6.39. The Morgan fingerprint density at radius 1 is 1.47 bits per heavy atom. The molecule has 2 aliphatic rings. The van der Waals surface area contributed by atoms with Crippen molar-refractivity contribution in [1.82, 2.24) is 15.2 Å². The highest BCUT2D eigenvalue weighted by Crippen LogP contribution is 2.38. The van der Waals surface area contributed by atoms with Gasteiger partial charge in [0.15, 0.2) is 0 Å². The Labute approximate surface area is 120 Å². The molecule has 3 rings (SSSR count). The Kier molecular flexibility index (Phi) is 4.20. The second-order valence-corrected chi connectivity index (χ2v) is 7.33. The molecule has 3 atom stereocenters. The van der Waals surface area contributed by atoms with Crippen molar-refractivity contribution < 1.29 is 0 Å². The molecule has 1 saturated carbocycles. The van der Waals surface area contributed by atoms with Crippen molar-refractivity contribution in [3.63, 3.8) is 0 Å². The van der Waals surface area contributed by atoms with Crippen LogP contribution < -0.4 is 5.32 Å². The summed E-state index contributed by atoms with van der Waals surface area (Å²) in [6, 6.07) is 0. The first-order valence-corrected chi connectivity index (χ1v) is 8.42. The Balaban J connectivity index is 1.59. The van der Waals surface area contributed by atoms with Crippen molar-refractivity contribution >= 4 is 11.3 Å². The van der Waals surface area contributed by atoms with Crippen LogP contribution in [0.2, 0.25) is 0 Å². The summed E-state index contributed by atoms with van der Waals surface area (Å²) in [6.07, 6.45) is 2.78. The summed E-state index contributed by atoms with van der Waals surface area (Å²) in [6.45, 7) is 10.6. The van der Waals surface area contributed by atoms with Gasteiger partial charge < -0.3 is 5.32 Å². The molecular formula is C15H25N3S. The van der Waals surface area contributed by atoms with Crippen LogP contribution in [0.1, 0.15) is 30.3 Å². The molecule has 0 aromatic carbocycles. The minimum atomic E-state index is 0.849. The van der Waals surface area contributed by atoms with E-state index in [4.69, 9.17) is 0 Å². The first-order valence-electron chi connectivity index (χ1n) is 7.54. The lowest BCUT2D eigenvalue weighted by Crippen LogP contribution is -2.32. The van der Waals surface area contributed by atoms with Crippen LogP contribution in [0.15, 0.2) is 5.51 Å². The largest absolute Gasteiger partial charge is 0.316 e. The predicted octanol–water partition coefficient (Wildman–Crippen LogP) is 2.52. The van der Waals surface area contributed by atoms with Crippen LogP contribution in [0.5, 0.6) is 0 Å². The van der Waals surface area contributed by atoms with Gasteiger partial charge in [-0.25, -0.2) is 4.98 Å². The molecule has 0 amide bonds. The van der Waals surface area contributed by atoms with Crippen LogP contribution >= 0.6 is 11.3 Å². The Morgan fingerprint density at radius 3 is 2.89 bits per heavy atom. The SMILES string of the molecule is Cc1ncsc1CN(CC1CCNC1)CC1CC1C. The standard InChI is InChI=1S/C15H25N3S/c1-11-5-14(11)8-18(7-13-3-4-16-6-13)9-15-12(2)17-10-19-15/h10-11,13-14,16H,3-9H2,1-2H3. The molecule has 0 radical (unpaired) electrons. The minimum absolute atomic E-state index is 0.849. The monoisotopic (exact) mass is 279 g/mol. The fourth-order valence-corrected chi connectivity index (χ4v) is 3.92. The summed E-state index contributed by atoms with van der Waals surface area (Å²) in [5, 5.41) is 3.49. The predicted molar refractivity (Wildman–Crippen MR) is 80.4 cm³/mol. The summed E-state index contributed by atoms with van der Waals surface area (Å²) < 4.78 is 0. The number of thiazole rings is 1. The molecule has 3 unspecified atom stereocenters. The van der Waals surface area contributed by atoms with Gasteiger partial charge in [0.05, 0.1) is 11.2 Å². The molecule has 4 heteroatoms. The van der Waals surface area contributed by atoms with Crippen molar-refractivity contribution in [1.29, 1.82) is 0 Å². The smallest absolute Gasteiger partial charge is 0.0798 e. The molecule has 0 bridgehead atoms. The van der Waals surface area contributed by atoms with Gasteiger partial charge in [0.1, 0.15) is 0 Å². The van der Waals surface area contributed by atoms with Gasteiger partial charge >= 0.3 is 0 Å². The Hall–Kier alpha value is -0.450. The number of nitrogens with one attached hydrogen (secondary N) is 1. The van der Waals surface area contributed by atoms with Gasteiger partial charge in [-0.1, -0.05) is 6.92 Å². The van der Waals surface area contributed by atoms with Gasteiger partial charge in [-0.05, 0) is 50.6 Å². The van der Waals surface area contributed by atoms with E-state index in [2.05, 4.69) is 29.0 Å². The van der Waals surface area contributed by atoms with Crippen molar-refractivity contribution in [2.24, 2.45) is 17.8 Å². The molecule has 19 heavy (non-hydrogen) atoms. The molecule has 1 aromatic heterocycles. The van der Waals surface area contributed by atoms with Gasteiger partial charge in [-0.2, -0.15) is 0 Å². The Bertz CT molecular complexity index is 411. The van der Waals surface area contributed by atoms with Crippen LogP contribution in [0.25, 0.3) is 0 Å². The zero-order valence-corrected chi connectivity index (χ0v) is 12.9. The van der Waals surface area contributed by atoms with Crippen LogP contribution in [0.3, 0.4) is 0 Å². The highest BCUT2D eigenvalue weighted by Gasteiger charge is 2.34. The third-order valence-electron chi connectivity index (χ3n) is 4.66. The first-order chi connectivity index (χ1) is 9.22. The lowest BCUT2D eigenvalue weighted by Gasteiger charge is -2.25. The van der Waals surface area contributed by atoms with Gasteiger partial charge in [-0.15, -0.1) is 11.3 Å². The van der Waals surface area contributed by atoms with E-state index in [1.54, 1.807) is 0 Å². The van der Waals surface area contributed by atoms with Crippen LogP contribution in [0, 0.1) is 24.7 Å². The maximum absolute atomic E-state index is 4.39. The lowest BCUT2D eigenvalue weighted by molar-refractivity contribution is 0.218. The Morgan fingerprint density at radius 2 is 2.32 bits per heavy atom. The molecule has 1 N–H and O–H groups in total. The molecule has 3 nitrogen and oxygen atoms in total. The molecule has 2 heterocycles. The van der Waals surface area contributed by atoms with Crippen molar-refractivity contribution in [3.8, 4) is 0 Å². The summed E-state index contributed by atoms with van der Waals surface area (Å²) in [5.41, 5.74) is 3.21. The quantitative estimate of drug-likeness (QED) is 0.867. The van der Waals surface area contributed by atoms with E-state index < -0.39 is 0 Å². The summed E-state index contributed by atoms with van der Waals surface area (Å²) in [7, 11) is 0. The number of rotatable bonds is 6. The summed E-state index contributed by atoms with van der Waals surface area (Å²) in [4.78, 5) is 8.54. The van der Waals surface area contributed by atoms with Crippen molar-refractivity contribution in [3.05, 3.63) is 16.1 Å². The summed E-state index contributed by atoms with van der Waals surface area (Å²) in [5.74, 6) is 2.75. The van der Waals surface area contributed by atoms with Crippen LogP contribution in [0.4, 0.5) is 0 Å². The molecule has 1 aliphatic carbocycles. The fourth-order valence-electron chi connectivity index (χ4n) is 3.11. The molecule has 106 valence electrons. The number of nitrogens with zero attached hydrogens (tertiary/aromatic N) is 2. The third-order valence-corrected chi connectivity index (χ3v) is 5.58. The highest BCUT2D eigenvalue weighted by molar-refractivity contribution is 7.09. The van der Waals surface area contributed by atoms with E-state index in [0.29, 0.717) is 0 Å². The zero-order valence-electron chi connectivity index (χ0n) is 12.1. The topological polar surface area (TPSA) is 28.2 Å². The molecule has 1 saturated heterocycles. The molecule has 1 aliphatic heterocycles. The fraction of sp³-hybridized carbons (Fsp3) is 0.800. The van der Waals surface area contributed by atoms with E-state index in [1.165, 1.54) is 49.6 Å². The van der Waals surface area contributed by atoms with E-state index >= 15 is 0 Å². The maximum Gasteiger partial charge on any atom is 0.0798 e. The molecule has 2 fully saturated rings. The van der Waals surface area contributed by atoms with E-state index in [9.17, 15) is 0 Å². The number of aryl methyl sites for hydroxylation is 1. The van der Waals surface area contributed by atoms with Gasteiger partial charge in [-0.3, -0.25) is 4.90 Å². The maximum atomic E-state index is 4.39. The van der Waals surface area contributed by atoms with Crippen molar-refractivity contribution in [2.45, 2.75) is 33.2 Å². The minimum Gasteiger partial charge on any atom is -0.316 e. The molecular weight excluding hydrogens is 254 g/mol. The van der Waals surface area contributed by atoms with E-state index in [1.807, 2.05) is 16.8 Å². The van der Waals surface area contributed by atoms with Crippen molar-refractivity contribution in [2.75, 3.05) is 26.2 Å². The first kappa shape index (κ1) is 13.5. The average molecular weight is 279 g/mol. The normalized spacial score (nSPS) is 30.2. The number of hydrogen-bond donors (Lipinski definition) is 1. The van der Waals surface area contributed by atoms with Gasteiger partial charge in [0, 0.05) is 24.5 Å². The second kappa shape index (κ2) is 5.90. The lowest BCUT2D eigenvalue weighted by atomic mass is 10.1. The third kappa shape index (κ3) is 3.56. The summed E-state index contributed by atoms with van der Waals surface area (Å²) >= 11 is 1.82. The van der Waals surface area contributed by atoms with Gasteiger partial charge in [0.25, 0.3) is 0 Å².